The largest absolute Gasteiger partial charge is 0.331 e. The van der Waals surface area contributed by atoms with Crippen molar-refractivity contribution in [1.29, 1.82) is 0 Å². The van der Waals surface area contributed by atoms with Crippen molar-refractivity contribution in [3.8, 4) is 0 Å². The van der Waals surface area contributed by atoms with Crippen LogP contribution in [0.25, 0.3) is 11.0 Å². The van der Waals surface area contributed by atoms with Crippen molar-refractivity contribution in [2.24, 2.45) is 0 Å². The summed E-state index contributed by atoms with van der Waals surface area (Å²) in [5.74, 6) is -0.715. The van der Waals surface area contributed by atoms with E-state index in [4.69, 9.17) is 0 Å². The van der Waals surface area contributed by atoms with Crippen LogP contribution < -0.4 is 15.8 Å². The fourth-order valence-electron chi connectivity index (χ4n) is 2.11. The summed E-state index contributed by atoms with van der Waals surface area (Å²) < 4.78 is 0. The van der Waals surface area contributed by atoms with E-state index in [1.54, 1.807) is 38.1 Å². The molecular formula is C13H12N4O3. The predicted octanol–water partition coefficient (Wildman–Crippen LogP) is 0.758. The zero-order valence-corrected chi connectivity index (χ0v) is 10.9. The number of urea groups is 1. The van der Waals surface area contributed by atoms with Crippen LogP contribution in [0.1, 0.15) is 13.8 Å². The van der Waals surface area contributed by atoms with Gasteiger partial charge in [0.1, 0.15) is 5.54 Å². The van der Waals surface area contributed by atoms with Crippen molar-refractivity contribution in [1.82, 2.24) is 15.3 Å². The monoisotopic (exact) mass is 272 g/mol. The molecule has 2 aromatic rings. The van der Waals surface area contributed by atoms with Crippen LogP contribution in [0.2, 0.25) is 0 Å². The van der Waals surface area contributed by atoms with Crippen molar-refractivity contribution in [2.75, 3.05) is 4.90 Å². The number of H-pyrrole nitrogens is 1. The van der Waals surface area contributed by atoms with Crippen LogP contribution in [-0.2, 0) is 4.79 Å². The zero-order valence-electron chi connectivity index (χ0n) is 10.9. The van der Waals surface area contributed by atoms with E-state index in [1.807, 2.05) is 0 Å². The Kier molecular flexibility index (Phi) is 2.40. The predicted molar refractivity (Wildman–Crippen MR) is 72.5 cm³/mol. The van der Waals surface area contributed by atoms with Gasteiger partial charge in [0.2, 0.25) is 5.82 Å². The Morgan fingerprint density at radius 3 is 2.50 bits per heavy atom. The van der Waals surface area contributed by atoms with E-state index in [-0.39, 0.29) is 5.82 Å². The lowest BCUT2D eigenvalue weighted by Gasteiger charge is -2.14. The highest BCUT2D eigenvalue weighted by Crippen LogP contribution is 2.21. The third-order valence-electron chi connectivity index (χ3n) is 3.15. The van der Waals surface area contributed by atoms with E-state index >= 15 is 0 Å². The first-order chi connectivity index (χ1) is 9.40. The Bertz CT molecular complexity index is 794. The molecule has 1 fully saturated rings. The fraction of sp³-hybridized carbons (Fsp3) is 0.231. The highest BCUT2D eigenvalue weighted by atomic mass is 16.2. The molecule has 20 heavy (non-hydrogen) atoms. The average Bonchev–Trinajstić information content (AvgIpc) is 2.58. The molecule has 102 valence electrons. The Labute approximate surface area is 113 Å². The van der Waals surface area contributed by atoms with E-state index in [0.717, 1.165) is 4.90 Å². The number of benzene rings is 1. The van der Waals surface area contributed by atoms with Crippen LogP contribution in [-0.4, -0.2) is 27.4 Å². The number of rotatable bonds is 1. The summed E-state index contributed by atoms with van der Waals surface area (Å²) in [7, 11) is 0. The molecular weight excluding hydrogens is 260 g/mol. The number of aromatic nitrogens is 2. The number of carbonyl (C=O) groups excluding carboxylic acids is 2. The molecule has 1 aliphatic rings. The number of amides is 3. The van der Waals surface area contributed by atoms with Gasteiger partial charge in [-0.25, -0.2) is 14.7 Å². The van der Waals surface area contributed by atoms with Crippen LogP contribution in [0.3, 0.4) is 0 Å². The number of fused-ring (bicyclic) bond motifs is 1. The summed E-state index contributed by atoms with van der Waals surface area (Å²) in [6.45, 7) is 3.14. The normalized spacial score (nSPS) is 17.6. The number of hydrogen-bond donors (Lipinski definition) is 2. The summed E-state index contributed by atoms with van der Waals surface area (Å²) >= 11 is 0. The molecule has 3 rings (SSSR count). The molecule has 1 aromatic heterocycles. The highest BCUT2D eigenvalue weighted by molar-refractivity contribution is 6.22. The average molecular weight is 272 g/mol. The molecule has 2 heterocycles. The van der Waals surface area contributed by atoms with E-state index in [2.05, 4.69) is 15.3 Å². The molecule has 1 aromatic carbocycles. The molecule has 0 unspecified atom stereocenters. The summed E-state index contributed by atoms with van der Waals surface area (Å²) in [6, 6.07) is 6.26. The lowest BCUT2D eigenvalue weighted by atomic mass is 10.1. The molecule has 0 aliphatic carbocycles. The number of carbonyl (C=O) groups is 2. The highest BCUT2D eigenvalue weighted by Gasteiger charge is 2.46. The molecule has 1 saturated heterocycles. The second-order valence-electron chi connectivity index (χ2n) is 5.10. The first-order valence-corrected chi connectivity index (χ1v) is 6.06. The van der Waals surface area contributed by atoms with Crippen molar-refractivity contribution in [3.05, 3.63) is 34.6 Å². The number of hydrogen-bond acceptors (Lipinski definition) is 4. The summed E-state index contributed by atoms with van der Waals surface area (Å²) in [5, 5.41) is 2.51. The molecule has 0 radical (unpaired) electrons. The van der Waals surface area contributed by atoms with Crippen LogP contribution in [0.4, 0.5) is 10.6 Å². The van der Waals surface area contributed by atoms with Gasteiger partial charge in [-0.3, -0.25) is 9.59 Å². The maximum atomic E-state index is 12.2. The molecule has 0 spiro atoms. The Hall–Kier alpha value is -2.70. The first kappa shape index (κ1) is 12.3. The van der Waals surface area contributed by atoms with E-state index in [1.165, 1.54) is 0 Å². The van der Waals surface area contributed by atoms with Gasteiger partial charge in [-0.1, -0.05) is 12.1 Å². The third kappa shape index (κ3) is 1.67. The molecule has 2 N–H and O–H groups in total. The van der Waals surface area contributed by atoms with Crippen LogP contribution in [0.15, 0.2) is 29.1 Å². The smallest absolute Gasteiger partial charge is 0.323 e. The number of aromatic amines is 1. The number of nitrogens with zero attached hydrogens (tertiary/aromatic N) is 2. The number of imide groups is 1. The Morgan fingerprint density at radius 2 is 1.85 bits per heavy atom. The number of para-hydroxylation sites is 2. The molecule has 7 nitrogen and oxygen atoms in total. The minimum Gasteiger partial charge on any atom is -0.323 e. The van der Waals surface area contributed by atoms with Crippen LogP contribution in [0.5, 0.6) is 0 Å². The Morgan fingerprint density at radius 1 is 1.15 bits per heavy atom. The van der Waals surface area contributed by atoms with Gasteiger partial charge in [-0.2, -0.15) is 0 Å². The molecule has 1 aliphatic heterocycles. The standard InChI is InChI=1S/C13H12N4O3/c1-13(2)11(19)17(12(20)16-13)9-10(18)15-8-6-4-3-5-7(8)14-9/h3-6H,1-2H3,(H,15,18)(H,16,20). The lowest BCUT2D eigenvalue weighted by Crippen LogP contribution is -2.41. The van der Waals surface area contributed by atoms with Crippen molar-refractivity contribution in [2.45, 2.75) is 19.4 Å². The third-order valence-corrected chi connectivity index (χ3v) is 3.15. The molecule has 3 amide bonds. The summed E-state index contributed by atoms with van der Waals surface area (Å²) in [6.07, 6.45) is 0. The molecule has 7 heteroatoms. The maximum absolute atomic E-state index is 12.2. The fourth-order valence-corrected chi connectivity index (χ4v) is 2.11. The van der Waals surface area contributed by atoms with Gasteiger partial charge < -0.3 is 10.3 Å². The maximum Gasteiger partial charge on any atom is 0.331 e. The molecule has 0 saturated carbocycles. The van der Waals surface area contributed by atoms with Crippen molar-refractivity contribution >= 4 is 28.8 Å². The van der Waals surface area contributed by atoms with Gasteiger partial charge in [0, 0.05) is 0 Å². The first-order valence-electron chi connectivity index (χ1n) is 6.06. The molecule has 0 bridgehead atoms. The van der Waals surface area contributed by atoms with Gasteiger partial charge in [0.25, 0.3) is 11.5 Å². The van der Waals surface area contributed by atoms with Gasteiger partial charge in [-0.15, -0.1) is 0 Å². The van der Waals surface area contributed by atoms with E-state index in [9.17, 15) is 14.4 Å². The lowest BCUT2D eigenvalue weighted by molar-refractivity contribution is -0.121. The van der Waals surface area contributed by atoms with Crippen molar-refractivity contribution < 1.29 is 9.59 Å². The zero-order chi connectivity index (χ0) is 14.5. The summed E-state index contributed by atoms with van der Waals surface area (Å²) in [4.78, 5) is 43.6. The topological polar surface area (TPSA) is 95.2 Å². The SMILES string of the molecule is CC1(C)NC(=O)N(c2nc3ccccc3[nH]c2=O)C1=O. The van der Waals surface area contributed by atoms with Gasteiger partial charge in [0.05, 0.1) is 11.0 Å². The van der Waals surface area contributed by atoms with Crippen molar-refractivity contribution in [3.63, 3.8) is 0 Å². The van der Waals surface area contributed by atoms with E-state index in [0.29, 0.717) is 11.0 Å². The summed E-state index contributed by atoms with van der Waals surface area (Å²) in [5.41, 5.74) is -0.568. The Balaban J connectivity index is 2.20. The van der Waals surface area contributed by atoms with E-state index < -0.39 is 23.0 Å². The van der Waals surface area contributed by atoms with Gasteiger partial charge >= 0.3 is 6.03 Å². The quantitative estimate of drug-likeness (QED) is 0.749. The van der Waals surface area contributed by atoms with Gasteiger partial charge in [-0.05, 0) is 26.0 Å². The number of anilines is 1. The van der Waals surface area contributed by atoms with Gasteiger partial charge in [0.15, 0.2) is 0 Å². The second kappa shape index (κ2) is 3.89. The van der Waals surface area contributed by atoms with Crippen LogP contribution >= 0.6 is 0 Å². The number of nitrogens with one attached hydrogen (secondary N) is 2. The second-order valence-corrected chi connectivity index (χ2v) is 5.10. The van der Waals surface area contributed by atoms with Crippen LogP contribution in [0, 0.1) is 0 Å². The minimum absolute atomic E-state index is 0.211. The molecule has 0 atom stereocenters. The minimum atomic E-state index is -1.04.